The lowest BCUT2D eigenvalue weighted by atomic mass is 9.95. The number of benzene rings is 2. The van der Waals surface area contributed by atoms with Crippen LogP contribution in [0, 0.1) is 5.92 Å². The first-order valence-corrected chi connectivity index (χ1v) is 12.6. The molecule has 1 N–H and O–H groups in total. The lowest BCUT2D eigenvalue weighted by Gasteiger charge is -2.22. The Morgan fingerprint density at radius 3 is 2.18 bits per heavy atom. The summed E-state index contributed by atoms with van der Waals surface area (Å²) in [5, 5.41) is 10.1. The van der Waals surface area contributed by atoms with Gasteiger partial charge in [0.05, 0.1) is 28.1 Å². The molecule has 0 amide bonds. The van der Waals surface area contributed by atoms with Gasteiger partial charge < -0.3 is 10.0 Å². The Kier molecular flexibility index (Phi) is 9.19. The summed E-state index contributed by atoms with van der Waals surface area (Å²) >= 11 is 12.2. The minimum absolute atomic E-state index is 0.153. The van der Waals surface area contributed by atoms with Crippen LogP contribution in [0.5, 0.6) is 0 Å². The Bertz CT molecular complexity index is 1390. The van der Waals surface area contributed by atoms with Crippen LogP contribution in [-0.2, 0) is 11.3 Å². The molecule has 0 aliphatic carbocycles. The van der Waals surface area contributed by atoms with Crippen LogP contribution in [0.3, 0.4) is 0 Å². The summed E-state index contributed by atoms with van der Waals surface area (Å²) in [6.07, 6.45) is 10.4. The largest absolute Gasteiger partial charge is 0.481 e. The van der Waals surface area contributed by atoms with Crippen molar-refractivity contribution in [1.29, 1.82) is 0 Å². The second kappa shape index (κ2) is 12.9. The Morgan fingerprint density at radius 2 is 1.55 bits per heavy atom. The normalized spacial score (nSPS) is 11.8. The number of hydrogen-bond donors (Lipinski definition) is 1. The Labute approximate surface area is 230 Å². The molecule has 9 heteroatoms. The lowest BCUT2D eigenvalue weighted by molar-refractivity contribution is -0.141. The minimum atomic E-state index is -1.06. The van der Waals surface area contributed by atoms with Crippen molar-refractivity contribution >= 4 is 52.7 Å². The molecule has 4 aromatic rings. The summed E-state index contributed by atoms with van der Waals surface area (Å²) in [4.78, 5) is 39.4. The van der Waals surface area contributed by atoms with Gasteiger partial charge in [-0.3, -0.25) is 14.6 Å². The van der Waals surface area contributed by atoms with E-state index in [9.17, 15) is 14.7 Å². The Balaban J connectivity index is 1.45. The SMILES string of the molecule is O=C(CC(C/C=C/c1ccc(N(Cc2ccncc2)c2ncccn2)cc1)C(=O)O)c1c(Cl)cccc1Cl. The van der Waals surface area contributed by atoms with E-state index in [-0.39, 0.29) is 28.5 Å². The van der Waals surface area contributed by atoms with Crippen molar-refractivity contribution in [1.82, 2.24) is 15.0 Å². The molecule has 0 fully saturated rings. The van der Waals surface area contributed by atoms with E-state index in [0.29, 0.717) is 12.5 Å². The van der Waals surface area contributed by atoms with Crippen molar-refractivity contribution in [3.8, 4) is 0 Å². The number of ketones is 1. The number of aromatic nitrogens is 3. The van der Waals surface area contributed by atoms with Crippen molar-refractivity contribution in [3.63, 3.8) is 0 Å². The van der Waals surface area contributed by atoms with Gasteiger partial charge in [0.15, 0.2) is 5.78 Å². The van der Waals surface area contributed by atoms with Gasteiger partial charge in [0.2, 0.25) is 5.95 Å². The predicted molar refractivity (Wildman–Crippen MR) is 149 cm³/mol. The van der Waals surface area contributed by atoms with E-state index in [0.717, 1.165) is 16.8 Å². The summed E-state index contributed by atoms with van der Waals surface area (Å²) < 4.78 is 0. The smallest absolute Gasteiger partial charge is 0.307 e. The first kappa shape index (κ1) is 27.0. The molecule has 7 nitrogen and oxygen atoms in total. The number of carbonyl (C=O) groups is 2. The van der Waals surface area contributed by atoms with Crippen LogP contribution >= 0.6 is 23.2 Å². The molecule has 1 unspecified atom stereocenters. The van der Waals surface area contributed by atoms with Gasteiger partial charge in [-0.05, 0) is 60.0 Å². The highest BCUT2D eigenvalue weighted by molar-refractivity contribution is 6.39. The van der Waals surface area contributed by atoms with Gasteiger partial charge in [-0.25, -0.2) is 9.97 Å². The molecular weight excluding hydrogens is 523 g/mol. The predicted octanol–water partition coefficient (Wildman–Crippen LogP) is 6.89. The molecule has 4 rings (SSSR count). The molecule has 2 aromatic carbocycles. The van der Waals surface area contributed by atoms with Crippen molar-refractivity contribution in [2.24, 2.45) is 5.92 Å². The molecule has 1 atom stereocenters. The first-order valence-electron chi connectivity index (χ1n) is 11.8. The summed E-state index contributed by atoms with van der Waals surface area (Å²) in [6.45, 7) is 0.561. The number of carboxylic acids is 1. The Hall–Kier alpha value is -4.07. The zero-order valence-electron chi connectivity index (χ0n) is 20.2. The molecule has 2 aromatic heterocycles. The molecule has 38 heavy (non-hydrogen) atoms. The van der Waals surface area contributed by atoms with Crippen LogP contribution in [0.25, 0.3) is 6.08 Å². The van der Waals surface area contributed by atoms with Crippen molar-refractivity contribution < 1.29 is 14.7 Å². The van der Waals surface area contributed by atoms with E-state index < -0.39 is 17.7 Å². The minimum Gasteiger partial charge on any atom is -0.481 e. The van der Waals surface area contributed by atoms with Gasteiger partial charge in [-0.2, -0.15) is 0 Å². The maximum atomic E-state index is 12.7. The highest BCUT2D eigenvalue weighted by atomic mass is 35.5. The third-order valence-corrected chi connectivity index (χ3v) is 6.47. The van der Waals surface area contributed by atoms with E-state index in [1.165, 1.54) is 0 Å². The molecule has 0 spiro atoms. The molecule has 0 aliphatic heterocycles. The number of aliphatic carboxylic acids is 1. The van der Waals surface area contributed by atoms with Crippen molar-refractivity contribution in [2.45, 2.75) is 19.4 Å². The standard InChI is InChI=1S/C29H24Cl2N4O3/c30-24-6-2-7-25(31)27(24)26(36)18-22(28(37)38)5-1-4-20-8-10-23(11-9-20)35(29-33-14-3-15-34-29)19-21-12-16-32-17-13-21/h1-4,6-17,22H,5,18-19H2,(H,37,38)/b4-1+. The maximum absolute atomic E-state index is 12.7. The van der Waals surface area contributed by atoms with E-state index >= 15 is 0 Å². The summed E-state index contributed by atoms with van der Waals surface area (Å²) in [5.74, 6) is -1.80. The number of halogens is 2. The van der Waals surface area contributed by atoms with Crippen molar-refractivity contribution in [2.75, 3.05) is 4.90 Å². The van der Waals surface area contributed by atoms with Gasteiger partial charge in [-0.1, -0.05) is 53.6 Å². The quantitative estimate of drug-likeness (QED) is 0.204. The number of rotatable bonds is 11. The molecule has 0 saturated carbocycles. The van der Waals surface area contributed by atoms with Crippen LogP contribution in [-0.4, -0.2) is 31.8 Å². The molecule has 0 radical (unpaired) electrons. The summed E-state index contributed by atoms with van der Waals surface area (Å²) in [7, 11) is 0. The van der Waals surface area contributed by atoms with Crippen molar-refractivity contribution in [3.05, 3.63) is 118 Å². The van der Waals surface area contributed by atoms with Gasteiger partial charge in [0.1, 0.15) is 0 Å². The van der Waals surface area contributed by atoms with Crippen LogP contribution in [0.1, 0.15) is 34.3 Å². The average molecular weight is 547 g/mol. The highest BCUT2D eigenvalue weighted by Crippen LogP contribution is 2.28. The van der Waals surface area contributed by atoms with Gasteiger partial charge in [0.25, 0.3) is 0 Å². The fourth-order valence-corrected chi connectivity index (χ4v) is 4.48. The third-order valence-electron chi connectivity index (χ3n) is 5.84. The van der Waals surface area contributed by atoms with Crippen LogP contribution < -0.4 is 4.90 Å². The van der Waals surface area contributed by atoms with Gasteiger partial charge >= 0.3 is 5.97 Å². The van der Waals surface area contributed by atoms with Crippen LogP contribution in [0.4, 0.5) is 11.6 Å². The second-order valence-electron chi connectivity index (χ2n) is 8.48. The molecule has 0 bridgehead atoms. The van der Waals surface area contributed by atoms with Crippen LogP contribution in [0.2, 0.25) is 10.0 Å². The second-order valence-corrected chi connectivity index (χ2v) is 9.29. The number of nitrogens with zero attached hydrogens (tertiary/aromatic N) is 4. The third kappa shape index (κ3) is 7.03. The molecule has 0 aliphatic rings. The number of allylic oxidation sites excluding steroid dienone is 1. The fourth-order valence-electron chi connectivity index (χ4n) is 3.87. The van der Waals surface area contributed by atoms with E-state index in [4.69, 9.17) is 23.2 Å². The first-order chi connectivity index (χ1) is 18.4. The molecule has 192 valence electrons. The van der Waals surface area contributed by atoms with Gasteiger partial charge in [0, 0.05) is 36.9 Å². The average Bonchev–Trinajstić information content (AvgIpc) is 2.92. The zero-order valence-corrected chi connectivity index (χ0v) is 21.8. The number of carbonyl (C=O) groups excluding carboxylic acids is 1. The number of pyridine rings is 1. The number of Topliss-reactive ketones (excluding diaryl/α,β-unsaturated/α-hetero) is 1. The number of carboxylic acid groups (broad SMARTS) is 1. The summed E-state index contributed by atoms with van der Waals surface area (Å²) in [5.41, 5.74) is 3.00. The molecular formula is C29H24Cl2N4O3. The fraction of sp³-hybridized carbons (Fsp3) is 0.138. The van der Waals surface area contributed by atoms with Crippen LogP contribution in [0.15, 0.2) is 91.5 Å². The molecule has 0 saturated heterocycles. The maximum Gasteiger partial charge on any atom is 0.307 e. The van der Waals surface area contributed by atoms with Gasteiger partial charge in [-0.15, -0.1) is 0 Å². The lowest BCUT2D eigenvalue weighted by Crippen LogP contribution is -2.18. The zero-order chi connectivity index (χ0) is 26.9. The van der Waals surface area contributed by atoms with E-state index in [2.05, 4.69) is 15.0 Å². The highest BCUT2D eigenvalue weighted by Gasteiger charge is 2.23. The summed E-state index contributed by atoms with van der Waals surface area (Å²) in [6, 6.07) is 18.2. The Morgan fingerprint density at radius 1 is 0.895 bits per heavy atom. The monoisotopic (exact) mass is 546 g/mol. The van der Waals surface area contributed by atoms with E-state index in [1.54, 1.807) is 55.1 Å². The number of anilines is 2. The van der Waals surface area contributed by atoms with E-state index in [1.807, 2.05) is 47.4 Å². The number of hydrogen-bond acceptors (Lipinski definition) is 6. The topological polar surface area (TPSA) is 96.3 Å². The molecule has 2 heterocycles.